The molecule has 144 valence electrons. The Hall–Kier alpha value is -2.09. The molecule has 0 spiro atoms. The zero-order valence-electron chi connectivity index (χ0n) is 15.3. The number of ether oxygens (including phenoxy) is 2. The molecule has 7 heteroatoms. The van der Waals surface area contributed by atoms with Crippen molar-refractivity contribution >= 4 is 17.0 Å². The molecule has 0 unspecified atom stereocenters. The summed E-state index contributed by atoms with van der Waals surface area (Å²) in [6.45, 7) is 3.15. The first-order valence-corrected chi connectivity index (χ1v) is 9.34. The van der Waals surface area contributed by atoms with Gasteiger partial charge in [0, 0.05) is 11.9 Å². The highest BCUT2D eigenvalue weighted by Gasteiger charge is 2.08. The van der Waals surface area contributed by atoms with Crippen LogP contribution in [0.25, 0.3) is 11.3 Å². The summed E-state index contributed by atoms with van der Waals surface area (Å²) in [5.41, 5.74) is 2.94. The molecule has 0 amide bonds. The summed E-state index contributed by atoms with van der Waals surface area (Å²) >= 11 is 1.55. The van der Waals surface area contributed by atoms with Crippen LogP contribution in [0.15, 0.2) is 58.9 Å². The lowest BCUT2D eigenvalue weighted by Gasteiger charge is -2.09. The molecule has 0 aliphatic heterocycles. The first-order valence-electron chi connectivity index (χ1n) is 8.46. The third-order valence-electron chi connectivity index (χ3n) is 3.88. The third kappa shape index (κ3) is 5.22. The third-order valence-corrected chi connectivity index (χ3v) is 4.74. The van der Waals surface area contributed by atoms with Crippen LogP contribution in [-0.4, -0.2) is 30.0 Å². The average molecular weight is 450 g/mol. The number of aliphatic hydroxyl groups excluding tert-OH is 1. The van der Waals surface area contributed by atoms with Crippen LogP contribution in [0.5, 0.6) is 11.5 Å². The van der Waals surface area contributed by atoms with Gasteiger partial charge in [0.2, 0.25) is 0 Å². The Labute approximate surface area is 173 Å². The van der Waals surface area contributed by atoms with E-state index in [4.69, 9.17) is 14.5 Å². The molecule has 1 N–H and O–H groups in total. The number of halogens is 1. The average Bonchev–Trinajstić information content (AvgIpc) is 3.06. The van der Waals surface area contributed by atoms with Gasteiger partial charge in [-0.3, -0.25) is 0 Å². The van der Waals surface area contributed by atoms with E-state index in [1.54, 1.807) is 18.4 Å². The zero-order valence-corrected chi connectivity index (χ0v) is 17.7. The maximum absolute atomic E-state index is 9.49. The maximum atomic E-state index is 9.49. The first kappa shape index (κ1) is 21.2. The minimum atomic E-state index is 0. The molecule has 0 atom stereocenters. The van der Waals surface area contributed by atoms with Gasteiger partial charge >= 0.3 is 0 Å². The number of methoxy groups -OCH3 is 1. The SMILES string of the molecule is CCOc1ccc(-c2csc(=Nc3ccc(OC)cc3)n2CCO)cc1.[Br-]. The summed E-state index contributed by atoms with van der Waals surface area (Å²) in [7, 11) is 1.64. The molecule has 0 saturated carbocycles. The Morgan fingerprint density at radius 2 is 1.70 bits per heavy atom. The van der Waals surface area contributed by atoms with Crippen molar-refractivity contribution < 1.29 is 31.6 Å². The molecule has 27 heavy (non-hydrogen) atoms. The van der Waals surface area contributed by atoms with Gasteiger partial charge < -0.3 is 36.1 Å². The van der Waals surface area contributed by atoms with Gasteiger partial charge in [0.25, 0.3) is 0 Å². The van der Waals surface area contributed by atoms with Crippen LogP contribution in [0.1, 0.15) is 6.92 Å². The number of hydrogen-bond acceptors (Lipinski definition) is 5. The van der Waals surface area contributed by atoms with E-state index >= 15 is 0 Å². The number of rotatable bonds is 7. The van der Waals surface area contributed by atoms with Crippen molar-refractivity contribution in [3.63, 3.8) is 0 Å². The fourth-order valence-corrected chi connectivity index (χ4v) is 3.58. The van der Waals surface area contributed by atoms with E-state index in [0.29, 0.717) is 13.2 Å². The first-order chi connectivity index (χ1) is 12.7. The van der Waals surface area contributed by atoms with Gasteiger partial charge in [-0.1, -0.05) is 0 Å². The van der Waals surface area contributed by atoms with Crippen LogP contribution in [-0.2, 0) is 6.54 Å². The lowest BCUT2D eigenvalue weighted by molar-refractivity contribution is -0.00000722. The van der Waals surface area contributed by atoms with E-state index in [1.165, 1.54) is 0 Å². The fraction of sp³-hybridized carbons (Fsp3) is 0.250. The number of aliphatic hydroxyl groups is 1. The van der Waals surface area contributed by atoms with Gasteiger partial charge in [-0.15, -0.1) is 11.3 Å². The Kier molecular flexibility index (Phi) is 8.09. The molecule has 0 saturated heterocycles. The molecule has 0 fully saturated rings. The van der Waals surface area contributed by atoms with Crippen molar-refractivity contribution in [3.05, 3.63) is 58.7 Å². The Morgan fingerprint density at radius 3 is 2.30 bits per heavy atom. The number of aromatic nitrogens is 1. The van der Waals surface area contributed by atoms with Crippen molar-refractivity contribution in [2.24, 2.45) is 4.99 Å². The second-order valence-corrected chi connectivity index (χ2v) is 6.38. The van der Waals surface area contributed by atoms with Gasteiger partial charge in [-0.05, 0) is 61.0 Å². The maximum Gasteiger partial charge on any atom is 0.190 e. The van der Waals surface area contributed by atoms with E-state index in [1.807, 2.05) is 60.0 Å². The highest BCUT2D eigenvalue weighted by molar-refractivity contribution is 7.07. The summed E-state index contributed by atoms with van der Waals surface area (Å²) in [4.78, 5) is 5.56. The van der Waals surface area contributed by atoms with Crippen molar-refractivity contribution in [1.82, 2.24) is 4.57 Å². The number of nitrogens with zero attached hydrogens (tertiary/aromatic N) is 2. The molecule has 0 radical (unpaired) electrons. The van der Waals surface area contributed by atoms with E-state index in [2.05, 4.69) is 5.38 Å². The van der Waals surface area contributed by atoms with Gasteiger partial charge in [-0.25, -0.2) is 4.99 Å². The fourth-order valence-electron chi connectivity index (χ4n) is 2.62. The van der Waals surface area contributed by atoms with Gasteiger partial charge in [0.05, 0.1) is 31.7 Å². The monoisotopic (exact) mass is 449 g/mol. The van der Waals surface area contributed by atoms with Crippen LogP contribution in [0.3, 0.4) is 0 Å². The minimum Gasteiger partial charge on any atom is -1.00 e. The predicted molar refractivity (Wildman–Crippen MR) is 104 cm³/mol. The lowest BCUT2D eigenvalue weighted by atomic mass is 10.1. The number of benzene rings is 2. The van der Waals surface area contributed by atoms with Crippen molar-refractivity contribution in [2.45, 2.75) is 13.5 Å². The summed E-state index contributed by atoms with van der Waals surface area (Å²) in [5.74, 6) is 1.65. The topological polar surface area (TPSA) is 56.0 Å². The second-order valence-electron chi connectivity index (χ2n) is 5.55. The molecule has 3 aromatic rings. The summed E-state index contributed by atoms with van der Waals surface area (Å²) in [5, 5.41) is 11.6. The Bertz CT molecular complexity index is 902. The molecule has 0 bridgehead atoms. The van der Waals surface area contributed by atoms with Crippen LogP contribution in [0.4, 0.5) is 5.69 Å². The molecular formula is C20H22BrN2O3S-. The van der Waals surface area contributed by atoms with Crippen molar-refractivity contribution in [1.29, 1.82) is 0 Å². The molecule has 3 rings (SSSR count). The molecule has 1 aromatic heterocycles. The lowest BCUT2D eigenvalue weighted by Crippen LogP contribution is -3.00. The molecule has 0 aliphatic rings. The van der Waals surface area contributed by atoms with Gasteiger partial charge in [-0.2, -0.15) is 0 Å². The van der Waals surface area contributed by atoms with Crippen LogP contribution >= 0.6 is 11.3 Å². The number of thiazole rings is 1. The highest BCUT2D eigenvalue weighted by Crippen LogP contribution is 2.24. The standard InChI is InChI=1S/C20H22N2O3S.BrH/c1-3-25-18-8-4-15(5-9-18)19-14-26-20(22(19)12-13-23)21-16-6-10-17(24-2)11-7-16;/h4-11,14,23H,3,12-13H2,1-2H3;1H/p-1. The summed E-state index contributed by atoms with van der Waals surface area (Å²) in [6.07, 6.45) is 0. The smallest absolute Gasteiger partial charge is 0.190 e. The molecule has 0 aliphatic carbocycles. The predicted octanol–water partition coefficient (Wildman–Crippen LogP) is 0.853. The van der Waals surface area contributed by atoms with Crippen LogP contribution in [0, 0.1) is 0 Å². The second kappa shape index (κ2) is 10.3. The van der Waals surface area contributed by atoms with Crippen LogP contribution < -0.4 is 31.3 Å². The van der Waals surface area contributed by atoms with Crippen molar-refractivity contribution in [3.8, 4) is 22.8 Å². The normalized spacial score (nSPS) is 11.1. The largest absolute Gasteiger partial charge is 1.00 e. The van der Waals surface area contributed by atoms with E-state index in [-0.39, 0.29) is 23.6 Å². The van der Waals surface area contributed by atoms with Crippen molar-refractivity contribution in [2.75, 3.05) is 20.3 Å². The summed E-state index contributed by atoms with van der Waals surface area (Å²) in [6, 6.07) is 15.6. The van der Waals surface area contributed by atoms with E-state index < -0.39 is 0 Å². The minimum absolute atomic E-state index is 0. The van der Waals surface area contributed by atoms with Gasteiger partial charge in [0.15, 0.2) is 4.80 Å². The van der Waals surface area contributed by atoms with E-state index in [0.717, 1.165) is 33.2 Å². The van der Waals surface area contributed by atoms with Crippen LogP contribution in [0.2, 0.25) is 0 Å². The quantitative estimate of drug-likeness (QED) is 0.581. The summed E-state index contributed by atoms with van der Waals surface area (Å²) < 4.78 is 12.7. The van der Waals surface area contributed by atoms with E-state index in [9.17, 15) is 5.11 Å². The zero-order chi connectivity index (χ0) is 18.4. The van der Waals surface area contributed by atoms with Gasteiger partial charge in [0.1, 0.15) is 11.5 Å². The molecule has 2 aromatic carbocycles. The molecule has 5 nitrogen and oxygen atoms in total. The Balaban J connectivity index is 0.00000261. The number of hydrogen-bond donors (Lipinski definition) is 1. The molecular weight excluding hydrogens is 428 g/mol. The highest BCUT2D eigenvalue weighted by atomic mass is 79.9. The molecule has 1 heterocycles. The Morgan fingerprint density at radius 1 is 1.04 bits per heavy atom.